The minimum atomic E-state index is -0.0481. The highest BCUT2D eigenvalue weighted by molar-refractivity contribution is 7.98. The van der Waals surface area contributed by atoms with E-state index in [1.54, 1.807) is 11.8 Å². The number of carbonyl (C=O) groups is 1. The van der Waals surface area contributed by atoms with E-state index in [1.165, 1.54) is 55.2 Å². The van der Waals surface area contributed by atoms with E-state index >= 15 is 0 Å². The van der Waals surface area contributed by atoms with Crippen LogP contribution in [0.5, 0.6) is 0 Å². The molecule has 1 aliphatic carbocycles. The second-order valence-electron chi connectivity index (χ2n) is 9.20. The van der Waals surface area contributed by atoms with Crippen molar-refractivity contribution >= 4 is 28.6 Å². The van der Waals surface area contributed by atoms with Gasteiger partial charge in [-0.25, -0.2) is 0 Å². The number of pyridine rings is 1. The maximum absolute atomic E-state index is 12.8. The molecule has 5 nitrogen and oxygen atoms in total. The quantitative estimate of drug-likeness (QED) is 0.492. The van der Waals surface area contributed by atoms with Crippen LogP contribution in [0, 0.1) is 0 Å². The smallest absolute Gasteiger partial charge is 0.251 e. The molecule has 168 valence electrons. The van der Waals surface area contributed by atoms with E-state index in [1.807, 2.05) is 30.7 Å². The molecule has 1 amide bonds. The molecule has 32 heavy (non-hydrogen) atoms. The topological polar surface area (TPSA) is 50.2 Å². The molecule has 1 saturated heterocycles. The van der Waals surface area contributed by atoms with Crippen molar-refractivity contribution in [3.63, 3.8) is 0 Å². The number of piperidine rings is 1. The van der Waals surface area contributed by atoms with Crippen LogP contribution in [0.2, 0.25) is 0 Å². The Morgan fingerprint density at radius 3 is 2.75 bits per heavy atom. The van der Waals surface area contributed by atoms with Crippen LogP contribution < -0.4 is 5.32 Å². The molecule has 1 saturated carbocycles. The van der Waals surface area contributed by atoms with Crippen molar-refractivity contribution in [3.8, 4) is 0 Å². The third-order valence-electron chi connectivity index (χ3n) is 6.86. The maximum Gasteiger partial charge on any atom is 0.251 e. The van der Waals surface area contributed by atoms with Gasteiger partial charge in [0.15, 0.2) is 0 Å². The average molecular weight is 449 g/mol. The van der Waals surface area contributed by atoms with E-state index in [0.717, 1.165) is 17.1 Å². The summed E-state index contributed by atoms with van der Waals surface area (Å²) in [5, 5.41) is 4.19. The molecular formula is C26H32N4OS. The van der Waals surface area contributed by atoms with E-state index in [2.05, 4.69) is 44.9 Å². The summed E-state index contributed by atoms with van der Waals surface area (Å²) in [7, 11) is 0. The average Bonchev–Trinajstić information content (AvgIpc) is 3.59. The molecule has 2 fully saturated rings. The standard InChI is InChI=1S/C26H32N4OS/c1-18-5-3-4-12-29(18)17-23-14-20-13-19(6-11-25(20)30(23)22-8-9-22)26(31)28-15-21-7-10-24(32-2)16-27-21/h6-7,10-11,13-14,16,18,22H,3-5,8-9,12,15,17H2,1-2H3,(H,28,31). The molecule has 3 heterocycles. The number of hydrogen-bond donors (Lipinski definition) is 1. The van der Waals surface area contributed by atoms with Crippen LogP contribution in [0.25, 0.3) is 10.9 Å². The Kier molecular flexibility index (Phi) is 6.24. The first-order valence-electron chi connectivity index (χ1n) is 11.8. The van der Waals surface area contributed by atoms with Crippen molar-refractivity contribution in [3.05, 3.63) is 59.5 Å². The van der Waals surface area contributed by atoms with E-state index in [9.17, 15) is 4.79 Å². The lowest BCUT2D eigenvalue weighted by atomic mass is 10.0. The van der Waals surface area contributed by atoms with Crippen LogP contribution in [-0.2, 0) is 13.1 Å². The van der Waals surface area contributed by atoms with Gasteiger partial charge in [-0.15, -0.1) is 11.8 Å². The molecule has 1 N–H and O–H groups in total. The van der Waals surface area contributed by atoms with Gasteiger partial charge in [0.2, 0.25) is 0 Å². The SMILES string of the molecule is CSc1ccc(CNC(=O)c2ccc3c(c2)cc(CN2CCCCC2C)n3C2CC2)nc1. The number of benzene rings is 1. The molecule has 1 unspecified atom stereocenters. The summed E-state index contributed by atoms with van der Waals surface area (Å²) in [6, 6.07) is 13.7. The van der Waals surface area contributed by atoms with Gasteiger partial charge in [0, 0.05) is 51.9 Å². The summed E-state index contributed by atoms with van der Waals surface area (Å²) in [6.45, 7) is 4.99. The third kappa shape index (κ3) is 4.57. The number of thioether (sulfide) groups is 1. The van der Waals surface area contributed by atoms with Crippen LogP contribution >= 0.6 is 11.8 Å². The number of rotatable bonds is 7. The normalized spacial score (nSPS) is 19.4. The van der Waals surface area contributed by atoms with Gasteiger partial charge in [0.25, 0.3) is 5.91 Å². The predicted octanol–water partition coefficient (Wildman–Crippen LogP) is 5.40. The maximum atomic E-state index is 12.8. The molecule has 2 aromatic heterocycles. The van der Waals surface area contributed by atoms with Crippen LogP contribution in [0.3, 0.4) is 0 Å². The highest BCUT2D eigenvalue weighted by atomic mass is 32.2. The monoisotopic (exact) mass is 448 g/mol. The van der Waals surface area contributed by atoms with Crippen molar-refractivity contribution in [2.75, 3.05) is 12.8 Å². The first-order valence-corrected chi connectivity index (χ1v) is 13.0. The third-order valence-corrected chi connectivity index (χ3v) is 7.57. The number of nitrogens with zero attached hydrogens (tertiary/aromatic N) is 3. The van der Waals surface area contributed by atoms with Crippen molar-refractivity contribution in [2.24, 2.45) is 0 Å². The van der Waals surface area contributed by atoms with Gasteiger partial charge in [-0.1, -0.05) is 6.42 Å². The molecule has 0 spiro atoms. The Balaban J connectivity index is 1.34. The molecule has 1 aromatic carbocycles. The molecule has 3 aromatic rings. The summed E-state index contributed by atoms with van der Waals surface area (Å²) in [5.74, 6) is -0.0481. The second-order valence-corrected chi connectivity index (χ2v) is 10.1. The zero-order chi connectivity index (χ0) is 22.1. The van der Waals surface area contributed by atoms with Gasteiger partial charge < -0.3 is 9.88 Å². The summed E-state index contributed by atoms with van der Waals surface area (Å²) in [5.41, 5.74) is 4.24. The summed E-state index contributed by atoms with van der Waals surface area (Å²) >= 11 is 1.67. The van der Waals surface area contributed by atoms with Crippen LogP contribution in [0.4, 0.5) is 0 Å². The van der Waals surface area contributed by atoms with Crippen molar-refractivity contribution in [2.45, 2.75) is 69.1 Å². The number of hydrogen-bond acceptors (Lipinski definition) is 4. The minimum absolute atomic E-state index is 0.0481. The number of fused-ring (bicyclic) bond motifs is 1. The van der Waals surface area contributed by atoms with Crippen molar-refractivity contribution in [1.82, 2.24) is 19.8 Å². The molecule has 1 atom stereocenters. The first kappa shape index (κ1) is 21.5. The lowest BCUT2D eigenvalue weighted by molar-refractivity contribution is 0.0950. The van der Waals surface area contributed by atoms with E-state index < -0.39 is 0 Å². The molecule has 0 bridgehead atoms. The predicted molar refractivity (Wildman–Crippen MR) is 131 cm³/mol. The summed E-state index contributed by atoms with van der Waals surface area (Å²) < 4.78 is 2.54. The molecule has 0 radical (unpaired) electrons. The van der Waals surface area contributed by atoms with Crippen LogP contribution in [0.15, 0.2) is 47.5 Å². The number of carbonyl (C=O) groups excluding carboxylic acids is 1. The first-order chi connectivity index (χ1) is 15.6. The van der Waals surface area contributed by atoms with Gasteiger partial charge in [-0.2, -0.15) is 0 Å². The minimum Gasteiger partial charge on any atom is -0.346 e. The highest BCUT2D eigenvalue weighted by Gasteiger charge is 2.29. The molecular weight excluding hydrogens is 416 g/mol. The van der Waals surface area contributed by atoms with Gasteiger partial charge in [-0.05, 0) is 81.8 Å². The fraction of sp³-hybridized carbons (Fsp3) is 0.462. The Morgan fingerprint density at radius 2 is 2.03 bits per heavy atom. The fourth-order valence-electron chi connectivity index (χ4n) is 4.83. The Bertz CT molecular complexity index is 1100. The zero-order valence-corrected chi connectivity index (χ0v) is 19.8. The molecule has 6 heteroatoms. The van der Waals surface area contributed by atoms with E-state index in [0.29, 0.717) is 24.2 Å². The van der Waals surface area contributed by atoms with Gasteiger partial charge in [-0.3, -0.25) is 14.7 Å². The van der Waals surface area contributed by atoms with Gasteiger partial charge >= 0.3 is 0 Å². The van der Waals surface area contributed by atoms with Gasteiger partial charge in [0.1, 0.15) is 0 Å². The Hall–Kier alpha value is -2.31. The highest BCUT2D eigenvalue weighted by Crippen LogP contribution is 2.40. The Labute approximate surface area is 194 Å². The number of amides is 1. The van der Waals surface area contributed by atoms with Gasteiger partial charge in [0.05, 0.1) is 12.2 Å². The number of likely N-dealkylation sites (tertiary alicyclic amines) is 1. The van der Waals surface area contributed by atoms with Crippen LogP contribution in [-0.4, -0.2) is 39.2 Å². The molecule has 1 aliphatic heterocycles. The second kappa shape index (κ2) is 9.28. The zero-order valence-electron chi connectivity index (χ0n) is 19.0. The molecule has 5 rings (SSSR count). The summed E-state index contributed by atoms with van der Waals surface area (Å²) in [6.07, 6.45) is 10.3. The van der Waals surface area contributed by atoms with Crippen LogP contribution in [0.1, 0.15) is 66.8 Å². The van der Waals surface area contributed by atoms with E-state index in [-0.39, 0.29) is 5.91 Å². The van der Waals surface area contributed by atoms with E-state index in [4.69, 9.17) is 0 Å². The number of nitrogens with one attached hydrogen (secondary N) is 1. The van der Waals surface area contributed by atoms with Crippen molar-refractivity contribution < 1.29 is 4.79 Å². The largest absolute Gasteiger partial charge is 0.346 e. The molecule has 2 aliphatic rings. The lowest BCUT2D eigenvalue weighted by Gasteiger charge is -2.33. The summed E-state index contributed by atoms with van der Waals surface area (Å²) in [4.78, 5) is 21.0. The Morgan fingerprint density at radius 1 is 1.16 bits per heavy atom. The van der Waals surface area contributed by atoms with Crippen molar-refractivity contribution in [1.29, 1.82) is 0 Å². The fourth-order valence-corrected chi connectivity index (χ4v) is 5.19. The number of aromatic nitrogens is 2. The lowest BCUT2D eigenvalue weighted by Crippen LogP contribution is -2.37.